The third-order valence-electron chi connectivity index (χ3n) is 3.46. The van der Waals surface area contributed by atoms with Gasteiger partial charge in [-0.3, -0.25) is 14.5 Å². The van der Waals surface area contributed by atoms with Gasteiger partial charge in [-0.05, 0) is 25.0 Å². The van der Waals surface area contributed by atoms with Crippen LogP contribution in [0.25, 0.3) is 6.08 Å². The summed E-state index contributed by atoms with van der Waals surface area (Å²) >= 11 is 6.50. The fourth-order valence-corrected chi connectivity index (χ4v) is 3.48. The maximum absolute atomic E-state index is 12.4. The van der Waals surface area contributed by atoms with E-state index >= 15 is 0 Å². The molecule has 1 amide bonds. The summed E-state index contributed by atoms with van der Waals surface area (Å²) in [4.78, 5) is 26.1. The average molecular weight is 367 g/mol. The van der Waals surface area contributed by atoms with Crippen LogP contribution in [0.3, 0.4) is 0 Å². The number of ether oxygens (including phenoxy) is 1. The predicted octanol–water partition coefficient (Wildman–Crippen LogP) is 3.99. The number of rotatable bonds is 9. The minimum Gasteiger partial charge on any atom is -0.466 e. The summed E-state index contributed by atoms with van der Waals surface area (Å²) in [5.41, 5.74) is 0. The van der Waals surface area contributed by atoms with Crippen LogP contribution in [0.1, 0.15) is 44.8 Å². The van der Waals surface area contributed by atoms with Crippen molar-refractivity contribution in [2.75, 3.05) is 13.2 Å². The van der Waals surface area contributed by atoms with Crippen molar-refractivity contribution in [2.24, 2.45) is 0 Å². The Morgan fingerprint density at radius 1 is 1.42 bits per heavy atom. The fourth-order valence-electron chi connectivity index (χ4n) is 2.19. The van der Waals surface area contributed by atoms with Crippen molar-refractivity contribution in [3.63, 3.8) is 0 Å². The van der Waals surface area contributed by atoms with Gasteiger partial charge >= 0.3 is 5.97 Å². The molecular weight excluding hydrogens is 346 g/mol. The maximum atomic E-state index is 12.4. The van der Waals surface area contributed by atoms with Crippen LogP contribution in [-0.4, -0.2) is 34.2 Å². The molecule has 5 nitrogen and oxygen atoms in total. The summed E-state index contributed by atoms with van der Waals surface area (Å²) in [5, 5.41) is 0. The number of esters is 1. The second-order valence-corrected chi connectivity index (χ2v) is 7.06. The second-order valence-electron chi connectivity index (χ2n) is 5.38. The molecule has 7 heteroatoms. The zero-order valence-electron chi connectivity index (χ0n) is 13.7. The Kier molecular flexibility index (Phi) is 7.52. The second kappa shape index (κ2) is 9.64. The molecule has 0 spiro atoms. The van der Waals surface area contributed by atoms with E-state index in [1.54, 1.807) is 24.5 Å². The van der Waals surface area contributed by atoms with Crippen molar-refractivity contribution in [1.82, 2.24) is 4.90 Å². The molecule has 0 unspecified atom stereocenters. The molecule has 0 atom stereocenters. The van der Waals surface area contributed by atoms with E-state index in [2.05, 4.69) is 6.92 Å². The summed E-state index contributed by atoms with van der Waals surface area (Å²) in [6.45, 7) is 2.99. The van der Waals surface area contributed by atoms with Gasteiger partial charge < -0.3 is 9.15 Å². The number of hydrogen-bond donors (Lipinski definition) is 0. The van der Waals surface area contributed by atoms with E-state index in [-0.39, 0.29) is 11.9 Å². The maximum Gasteiger partial charge on any atom is 0.305 e. The number of thiocarbonyl (C=S) groups is 1. The number of amides is 1. The van der Waals surface area contributed by atoms with Crippen LogP contribution in [-0.2, 0) is 14.3 Å². The lowest BCUT2D eigenvalue weighted by Gasteiger charge is -2.13. The average Bonchev–Trinajstić information content (AvgIpc) is 3.15. The van der Waals surface area contributed by atoms with Crippen LogP contribution in [0.5, 0.6) is 0 Å². The van der Waals surface area contributed by atoms with E-state index in [9.17, 15) is 9.59 Å². The standard InChI is InChI=1S/C17H21NO4S2/c1-2-3-4-10-22-15(19)8-5-9-18-16(20)14(24-17(18)23)12-13-7-6-11-21-13/h6-7,11-12H,2-5,8-10H2,1H3. The third kappa shape index (κ3) is 5.49. The molecule has 1 aliphatic rings. The molecule has 24 heavy (non-hydrogen) atoms. The van der Waals surface area contributed by atoms with Crippen molar-refractivity contribution in [1.29, 1.82) is 0 Å². The van der Waals surface area contributed by atoms with Gasteiger partial charge in [0.25, 0.3) is 5.91 Å². The number of unbranched alkanes of at least 4 members (excludes halogenated alkanes) is 2. The number of nitrogens with zero attached hydrogens (tertiary/aromatic N) is 1. The van der Waals surface area contributed by atoms with Gasteiger partial charge in [-0.15, -0.1) is 0 Å². The van der Waals surface area contributed by atoms with Gasteiger partial charge in [-0.25, -0.2) is 0 Å². The highest BCUT2D eigenvalue weighted by molar-refractivity contribution is 8.26. The lowest BCUT2D eigenvalue weighted by Crippen LogP contribution is -2.29. The molecule has 0 saturated carbocycles. The number of carbonyl (C=O) groups excluding carboxylic acids is 2. The van der Waals surface area contributed by atoms with Gasteiger partial charge in [-0.1, -0.05) is 43.7 Å². The zero-order chi connectivity index (χ0) is 17.4. The first-order chi connectivity index (χ1) is 11.6. The van der Waals surface area contributed by atoms with E-state index in [4.69, 9.17) is 21.4 Å². The Hall–Kier alpha value is -1.60. The lowest BCUT2D eigenvalue weighted by atomic mass is 10.2. The molecule has 130 valence electrons. The van der Waals surface area contributed by atoms with Crippen LogP contribution in [0.15, 0.2) is 27.7 Å². The van der Waals surface area contributed by atoms with Crippen LogP contribution < -0.4 is 0 Å². The normalized spacial score (nSPS) is 16.2. The van der Waals surface area contributed by atoms with Crippen LogP contribution in [0.2, 0.25) is 0 Å². The van der Waals surface area contributed by atoms with E-state index < -0.39 is 0 Å². The van der Waals surface area contributed by atoms with Crippen molar-refractivity contribution < 1.29 is 18.7 Å². The molecule has 0 N–H and O–H groups in total. The number of hydrogen-bond acceptors (Lipinski definition) is 6. The van der Waals surface area contributed by atoms with Gasteiger partial charge in [0.05, 0.1) is 17.8 Å². The zero-order valence-corrected chi connectivity index (χ0v) is 15.3. The Labute approximate surface area is 151 Å². The highest BCUT2D eigenvalue weighted by Gasteiger charge is 2.31. The molecule has 0 aromatic carbocycles. The Balaban J connectivity index is 1.76. The van der Waals surface area contributed by atoms with Gasteiger partial charge in [0.15, 0.2) is 0 Å². The molecule has 1 aliphatic heterocycles. The van der Waals surface area contributed by atoms with E-state index in [1.165, 1.54) is 16.7 Å². The highest BCUT2D eigenvalue weighted by Crippen LogP contribution is 2.32. The van der Waals surface area contributed by atoms with Crippen LogP contribution >= 0.6 is 24.0 Å². The summed E-state index contributed by atoms with van der Waals surface area (Å²) in [6, 6.07) is 3.54. The SMILES string of the molecule is CCCCCOC(=O)CCCN1C(=O)C(=Cc2ccco2)SC1=S. The van der Waals surface area contributed by atoms with Gasteiger partial charge in [0, 0.05) is 19.0 Å². The first-order valence-corrected chi connectivity index (χ1v) is 9.28. The van der Waals surface area contributed by atoms with Crippen LogP contribution in [0.4, 0.5) is 0 Å². The Morgan fingerprint density at radius 3 is 2.96 bits per heavy atom. The van der Waals surface area contributed by atoms with Gasteiger partial charge in [0.2, 0.25) is 0 Å². The largest absolute Gasteiger partial charge is 0.466 e. The molecule has 0 radical (unpaired) electrons. The monoisotopic (exact) mass is 367 g/mol. The van der Waals surface area contributed by atoms with Crippen molar-refractivity contribution in [3.05, 3.63) is 29.1 Å². The van der Waals surface area contributed by atoms with Gasteiger partial charge in [0.1, 0.15) is 10.1 Å². The topological polar surface area (TPSA) is 59.8 Å². The highest BCUT2D eigenvalue weighted by atomic mass is 32.2. The summed E-state index contributed by atoms with van der Waals surface area (Å²) in [5.74, 6) is 0.256. The Morgan fingerprint density at radius 2 is 2.25 bits per heavy atom. The van der Waals surface area contributed by atoms with Crippen molar-refractivity contribution in [3.8, 4) is 0 Å². The smallest absolute Gasteiger partial charge is 0.305 e. The van der Waals surface area contributed by atoms with E-state index in [0.29, 0.717) is 41.0 Å². The first-order valence-electron chi connectivity index (χ1n) is 8.06. The molecule has 1 aromatic heterocycles. The lowest BCUT2D eigenvalue weighted by molar-refractivity contribution is -0.144. The summed E-state index contributed by atoms with van der Waals surface area (Å²) < 4.78 is 10.9. The predicted molar refractivity (Wildman–Crippen MR) is 98.3 cm³/mol. The molecule has 1 aromatic rings. The van der Waals surface area contributed by atoms with E-state index in [0.717, 1.165) is 19.3 Å². The van der Waals surface area contributed by atoms with Gasteiger partial charge in [-0.2, -0.15) is 0 Å². The fraction of sp³-hybridized carbons (Fsp3) is 0.471. The summed E-state index contributed by atoms with van der Waals surface area (Å²) in [6.07, 6.45) is 7.12. The third-order valence-corrected chi connectivity index (χ3v) is 4.84. The molecular formula is C17H21NO4S2. The quantitative estimate of drug-likeness (QED) is 0.285. The van der Waals surface area contributed by atoms with Crippen LogP contribution in [0, 0.1) is 0 Å². The number of carbonyl (C=O) groups is 2. The van der Waals surface area contributed by atoms with Crippen molar-refractivity contribution >= 4 is 46.3 Å². The minimum atomic E-state index is -0.220. The van der Waals surface area contributed by atoms with Crippen molar-refractivity contribution in [2.45, 2.75) is 39.0 Å². The first kappa shape index (κ1) is 18.7. The summed E-state index contributed by atoms with van der Waals surface area (Å²) in [7, 11) is 0. The number of thioether (sulfide) groups is 1. The molecule has 0 bridgehead atoms. The Bertz CT molecular complexity index is 610. The molecule has 0 aliphatic carbocycles. The molecule has 1 saturated heterocycles. The molecule has 2 heterocycles. The van der Waals surface area contributed by atoms with E-state index in [1.807, 2.05) is 0 Å². The molecule has 2 rings (SSSR count). The minimum absolute atomic E-state index is 0.141. The molecule has 1 fully saturated rings. The number of furan rings is 1.